The molecule has 1 aliphatic carbocycles. The highest BCUT2D eigenvalue weighted by Gasteiger charge is 2.24. The first-order valence-corrected chi connectivity index (χ1v) is 7.17. The summed E-state index contributed by atoms with van der Waals surface area (Å²) in [6.45, 7) is 0.818. The predicted octanol–water partition coefficient (Wildman–Crippen LogP) is 3.95. The van der Waals surface area contributed by atoms with Crippen LogP contribution in [0, 0.1) is 5.92 Å². The summed E-state index contributed by atoms with van der Waals surface area (Å²) in [5, 5.41) is 1.50. The van der Waals surface area contributed by atoms with Gasteiger partial charge in [0.05, 0.1) is 0 Å². The summed E-state index contributed by atoms with van der Waals surface area (Å²) >= 11 is 7.94. The van der Waals surface area contributed by atoms with Gasteiger partial charge in [0.2, 0.25) is 0 Å². The van der Waals surface area contributed by atoms with Crippen molar-refractivity contribution in [1.82, 2.24) is 0 Å². The summed E-state index contributed by atoms with van der Waals surface area (Å²) in [6, 6.07) is 8.13. The lowest BCUT2D eigenvalue weighted by Crippen LogP contribution is -2.28. The van der Waals surface area contributed by atoms with Crippen LogP contribution in [0.5, 0.6) is 0 Å². The molecule has 2 unspecified atom stereocenters. The van der Waals surface area contributed by atoms with Crippen LogP contribution in [0.2, 0.25) is 5.02 Å². The Morgan fingerprint density at radius 2 is 2.12 bits per heavy atom. The molecule has 1 nitrogen and oxygen atoms in total. The van der Waals surface area contributed by atoms with E-state index in [2.05, 4.69) is 12.1 Å². The van der Waals surface area contributed by atoms with Crippen molar-refractivity contribution in [3.63, 3.8) is 0 Å². The number of nitrogens with two attached hydrogens (primary N) is 1. The largest absolute Gasteiger partial charge is 0.330 e. The molecule has 2 rings (SSSR count). The maximum absolute atomic E-state index is 5.99. The van der Waals surface area contributed by atoms with E-state index in [0.29, 0.717) is 11.2 Å². The van der Waals surface area contributed by atoms with E-state index >= 15 is 0 Å². The molecule has 0 spiro atoms. The van der Waals surface area contributed by atoms with Crippen molar-refractivity contribution in [2.75, 3.05) is 6.54 Å². The number of hydrogen-bond donors (Lipinski definition) is 1. The monoisotopic (exact) mass is 255 g/mol. The fraction of sp³-hybridized carbons (Fsp3) is 0.538. The van der Waals surface area contributed by atoms with Gasteiger partial charge in [-0.05, 0) is 43.5 Å². The van der Waals surface area contributed by atoms with Crippen LogP contribution in [0.15, 0.2) is 29.2 Å². The molecular weight excluding hydrogens is 238 g/mol. The molecule has 0 aliphatic heterocycles. The van der Waals surface area contributed by atoms with Gasteiger partial charge in [0, 0.05) is 15.2 Å². The molecule has 0 aromatic heterocycles. The van der Waals surface area contributed by atoms with Crippen molar-refractivity contribution in [1.29, 1.82) is 0 Å². The molecular formula is C13H18ClNS. The van der Waals surface area contributed by atoms with Crippen LogP contribution in [-0.4, -0.2) is 11.8 Å². The summed E-state index contributed by atoms with van der Waals surface area (Å²) in [5.41, 5.74) is 5.84. The molecule has 3 heteroatoms. The molecule has 0 heterocycles. The van der Waals surface area contributed by atoms with Gasteiger partial charge in [0.25, 0.3) is 0 Å². The molecule has 2 N–H and O–H groups in total. The SMILES string of the molecule is NCC1CCCCC1Sc1cccc(Cl)c1. The molecule has 1 saturated carbocycles. The van der Waals surface area contributed by atoms with E-state index in [9.17, 15) is 0 Å². The molecule has 0 saturated heterocycles. The van der Waals surface area contributed by atoms with Crippen molar-refractivity contribution < 1.29 is 0 Å². The van der Waals surface area contributed by atoms with Crippen LogP contribution in [0.25, 0.3) is 0 Å². The molecule has 88 valence electrons. The highest BCUT2D eigenvalue weighted by molar-refractivity contribution is 8.00. The van der Waals surface area contributed by atoms with E-state index in [0.717, 1.165) is 11.6 Å². The Balaban J connectivity index is 2.02. The van der Waals surface area contributed by atoms with Gasteiger partial charge in [-0.3, -0.25) is 0 Å². The van der Waals surface area contributed by atoms with Crippen LogP contribution < -0.4 is 5.73 Å². The van der Waals surface area contributed by atoms with Gasteiger partial charge >= 0.3 is 0 Å². The summed E-state index contributed by atoms with van der Waals surface area (Å²) in [5.74, 6) is 0.678. The van der Waals surface area contributed by atoms with Gasteiger partial charge < -0.3 is 5.73 Å². The van der Waals surface area contributed by atoms with Crippen LogP contribution in [0.4, 0.5) is 0 Å². The van der Waals surface area contributed by atoms with E-state index in [-0.39, 0.29) is 0 Å². The Morgan fingerprint density at radius 3 is 2.88 bits per heavy atom. The fourth-order valence-electron chi connectivity index (χ4n) is 2.31. The van der Waals surface area contributed by atoms with Crippen LogP contribution in [0.3, 0.4) is 0 Å². The van der Waals surface area contributed by atoms with Crippen molar-refractivity contribution in [3.8, 4) is 0 Å². The molecule has 16 heavy (non-hydrogen) atoms. The van der Waals surface area contributed by atoms with Crippen molar-refractivity contribution >= 4 is 23.4 Å². The first-order chi connectivity index (χ1) is 7.79. The molecule has 1 aromatic carbocycles. The molecule has 2 atom stereocenters. The van der Waals surface area contributed by atoms with E-state index in [1.165, 1.54) is 30.6 Å². The maximum atomic E-state index is 5.99. The van der Waals surface area contributed by atoms with Crippen molar-refractivity contribution in [2.24, 2.45) is 11.7 Å². The highest BCUT2D eigenvalue weighted by atomic mass is 35.5. The molecule has 1 aliphatic rings. The van der Waals surface area contributed by atoms with E-state index in [1.807, 2.05) is 23.9 Å². The number of halogens is 1. The van der Waals surface area contributed by atoms with Gasteiger partial charge in [-0.25, -0.2) is 0 Å². The van der Waals surface area contributed by atoms with E-state index in [1.54, 1.807) is 0 Å². The summed E-state index contributed by atoms with van der Waals surface area (Å²) in [7, 11) is 0. The van der Waals surface area contributed by atoms with Crippen LogP contribution in [-0.2, 0) is 0 Å². The number of rotatable bonds is 3. The number of thioether (sulfide) groups is 1. The quantitative estimate of drug-likeness (QED) is 0.885. The minimum absolute atomic E-state index is 0.678. The zero-order valence-electron chi connectivity index (χ0n) is 9.36. The van der Waals surface area contributed by atoms with Gasteiger partial charge in [0.15, 0.2) is 0 Å². The third kappa shape index (κ3) is 3.16. The summed E-state index contributed by atoms with van der Waals surface area (Å²) in [6.07, 6.45) is 5.26. The average molecular weight is 256 g/mol. The Hall–Kier alpha value is -0.180. The van der Waals surface area contributed by atoms with Crippen LogP contribution >= 0.6 is 23.4 Å². The fourth-order valence-corrected chi connectivity index (χ4v) is 3.99. The molecule has 1 aromatic rings. The Labute approximate surface area is 107 Å². The smallest absolute Gasteiger partial charge is 0.0417 e. The number of benzene rings is 1. The highest BCUT2D eigenvalue weighted by Crippen LogP contribution is 2.37. The number of hydrogen-bond acceptors (Lipinski definition) is 2. The maximum Gasteiger partial charge on any atom is 0.0417 e. The predicted molar refractivity (Wildman–Crippen MR) is 72.1 cm³/mol. The lowest BCUT2D eigenvalue weighted by Gasteiger charge is -2.30. The minimum atomic E-state index is 0.678. The Bertz CT molecular complexity index is 342. The summed E-state index contributed by atoms with van der Waals surface area (Å²) < 4.78 is 0. The van der Waals surface area contributed by atoms with Gasteiger partial charge in [-0.15, -0.1) is 11.8 Å². The lowest BCUT2D eigenvalue weighted by atomic mass is 9.89. The van der Waals surface area contributed by atoms with E-state index in [4.69, 9.17) is 17.3 Å². The standard InChI is InChI=1S/C13H18ClNS/c14-11-5-3-6-12(8-11)16-13-7-2-1-4-10(13)9-15/h3,5-6,8,10,13H,1-2,4,7,9,15H2. The van der Waals surface area contributed by atoms with Gasteiger partial charge in [0.1, 0.15) is 0 Å². The van der Waals surface area contributed by atoms with Crippen molar-refractivity contribution in [2.45, 2.75) is 35.8 Å². The third-order valence-corrected chi connectivity index (χ3v) is 4.91. The van der Waals surface area contributed by atoms with E-state index < -0.39 is 0 Å². The minimum Gasteiger partial charge on any atom is -0.330 e. The molecule has 0 bridgehead atoms. The Morgan fingerprint density at radius 1 is 1.31 bits per heavy atom. The molecule has 1 fully saturated rings. The van der Waals surface area contributed by atoms with Gasteiger partial charge in [-0.1, -0.05) is 30.5 Å². The molecule has 0 radical (unpaired) electrons. The second-order valence-electron chi connectivity index (χ2n) is 4.39. The van der Waals surface area contributed by atoms with Gasteiger partial charge in [-0.2, -0.15) is 0 Å². The van der Waals surface area contributed by atoms with Crippen molar-refractivity contribution in [3.05, 3.63) is 29.3 Å². The first-order valence-electron chi connectivity index (χ1n) is 5.92. The van der Waals surface area contributed by atoms with Crippen LogP contribution in [0.1, 0.15) is 25.7 Å². The average Bonchev–Trinajstić information content (AvgIpc) is 2.30. The Kier molecular flexibility index (Phi) is 4.56. The molecule has 0 amide bonds. The third-order valence-electron chi connectivity index (χ3n) is 3.23. The lowest BCUT2D eigenvalue weighted by molar-refractivity contribution is 0.378. The first kappa shape index (κ1) is 12.3. The second kappa shape index (κ2) is 5.95. The second-order valence-corrected chi connectivity index (χ2v) is 6.14. The topological polar surface area (TPSA) is 26.0 Å². The zero-order chi connectivity index (χ0) is 11.4. The summed E-state index contributed by atoms with van der Waals surface area (Å²) in [4.78, 5) is 1.28. The zero-order valence-corrected chi connectivity index (χ0v) is 10.9. The normalized spacial score (nSPS) is 25.6.